The Morgan fingerprint density at radius 2 is 2.07 bits per heavy atom. The van der Waals surface area contributed by atoms with Gasteiger partial charge in [-0.3, -0.25) is 9.69 Å². The Morgan fingerprint density at radius 1 is 1.33 bits per heavy atom. The Morgan fingerprint density at radius 3 is 2.70 bits per heavy atom. The van der Waals surface area contributed by atoms with E-state index in [9.17, 15) is 14.0 Å². The van der Waals surface area contributed by atoms with E-state index in [4.69, 9.17) is 9.47 Å². The number of halogens is 1. The van der Waals surface area contributed by atoms with Gasteiger partial charge in [-0.15, -0.1) is 0 Å². The van der Waals surface area contributed by atoms with Crippen LogP contribution in [0.4, 0.5) is 20.6 Å². The van der Waals surface area contributed by atoms with Crippen molar-refractivity contribution in [3.8, 4) is 0 Å². The molecular formula is C19H24FN3O4. The minimum atomic E-state index is -0.526. The van der Waals surface area contributed by atoms with Crippen molar-refractivity contribution in [2.45, 2.75) is 13.0 Å². The van der Waals surface area contributed by atoms with Gasteiger partial charge in [0.25, 0.3) is 0 Å². The fourth-order valence-corrected chi connectivity index (χ4v) is 4.30. The van der Waals surface area contributed by atoms with Crippen LogP contribution in [0.15, 0.2) is 18.2 Å². The zero-order chi connectivity index (χ0) is 19.1. The molecule has 0 aromatic heterocycles. The maximum Gasteiger partial charge on any atom is 0.414 e. The number of hydrogen-bond acceptors (Lipinski definition) is 5. The van der Waals surface area contributed by atoms with Crippen molar-refractivity contribution in [1.82, 2.24) is 5.32 Å². The minimum Gasteiger partial charge on any atom is -0.442 e. The maximum atomic E-state index is 14.7. The molecule has 146 valence electrons. The highest BCUT2D eigenvalue weighted by Crippen LogP contribution is 2.52. The molecule has 0 bridgehead atoms. The van der Waals surface area contributed by atoms with E-state index < -0.39 is 12.2 Å². The lowest BCUT2D eigenvalue weighted by Gasteiger charge is -2.23. The van der Waals surface area contributed by atoms with Crippen LogP contribution in [-0.2, 0) is 14.3 Å². The van der Waals surface area contributed by atoms with Gasteiger partial charge in [-0.1, -0.05) is 0 Å². The molecule has 2 saturated heterocycles. The standard InChI is InChI=1S/C19H24FN3O4/c1-11(24)21-6-13-7-23(19(25)27-13)12-3-4-18(17(20)5-12)22-8-14-15(9-22)16(14)10-26-2/h3-5,13-16H,6-10H2,1-2H3,(H,21,24)/t13-,14-,15+,16?/m0/s1. The lowest BCUT2D eigenvalue weighted by atomic mass is 10.2. The molecule has 4 rings (SSSR count). The number of carbonyl (C=O) groups excluding carboxylic acids is 2. The minimum absolute atomic E-state index is 0.184. The molecular weight excluding hydrogens is 353 g/mol. The van der Waals surface area contributed by atoms with Gasteiger partial charge in [0.05, 0.1) is 24.5 Å². The first-order valence-electron chi connectivity index (χ1n) is 9.24. The highest BCUT2D eigenvalue weighted by atomic mass is 19.1. The Kier molecular flexibility index (Phi) is 4.67. The SMILES string of the molecule is COCC1[C@H]2CN(c3ccc(N4C[C@H](CNC(C)=O)OC4=O)cc3F)C[C@@H]12. The average molecular weight is 377 g/mol. The molecule has 1 N–H and O–H groups in total. The van der Waals surface area contributed by atoms with Crippen molar-refractivity contribution in [1.29, 1.82) is 0 Å². The first-order valence-corrected chi connectivity index (χ1v) is 9.24. The number of rotatable bonds is 6. The molecule has 0 radical (unpaired) electrons. The average Bonchev–Trinajstić information content (AvgIpc) is 2.98. The van der Waals surface area contributed by atoms with Crippen LogP contribution in [0.5, 0.6) is 0 Å². The van der Waals surface area contributed by atoms with Crippen LogP contribution in [-0.4, -0.2) is 58.0 Å². The number of methoxy groups -OCH3 is 1. The van der Waals surface area contributed by atoms with Gasteiger partial charge in [0.15, 0.2) is 0 Å². The molecule has 1 saturated carbocycles. The van der Waals surface area contributed by atoms with Gasteiger partial charge in [-0.2, -0.15) is 0 Å². The smallest absolute Gasteiger partial charge is 0.414 e. The summed E-state index contributed by atoms with van der Waals surface area (Å²) >= 11 is 0. The first-order chi connectivity index (χ1) is 13.0. The molecule has 2 heterocycles. The number of fused-ring (bicyclic) bond motifs is 1. The van der Waals surface area contributed by atoms with Gasteiger partial charge in [-0.25, -0.2) is 9.18 Å². The van der Waals surface area contributed by atoms with Crippen molar-refractivity contribution in [2.24, 2.45) is 17.8 Å². The molecule has 2 amide bonds. The molecule has 1 aromatic carbocycles. The van der Waals surface area contributed by atoms with Crippen LogP contribution >= 0.6 is 0 Å². The van der Waals surface area contributed by atoms with Crippen molar-refractivity contribution < 1.29 is 23.5 Å². The lowest BCUT2D eigenvalue weighted by Crippen LogP contribution is -2.33. The monoisotopic (exact) mass is 377 g/mol. The lowest BCUT2D eigenvalue weighted by molar-refractivity contribution is -0.119. The van der Waals surface area contributed by atoms with E-state index in [2.05, 4.69) is 10.2 Å². The summed E-state index contributed by atoms with van der Waals surface area (Å²) in [5, 5.41) is 2.63. The zero-order valence-electron chi connectivity index (χ0n) is 15.5. The fraction of sp³-hybridized carbons (Fsp3) is 0.579. The van der Waals surface area contributed by atoms with Gasteiger partial charge >= 0.3 is 6.09 Å². The molecule has 1 aliphatic carbocycles. The number of ether oxygens (including phenoxy) is 2. The Hall–Kier alpha value is -2.35. The Bertz CT molecular complexity index is 746. The van der Waals surface area contributed by atoms with Gasteiger partial charge in [0.1, 0.15) is 11.9 Å². The number of nitrogens with one attached hydrogen (secondary N) is 1. The second-order valence-electron chi connectivity index (χ2n) is 7.54. The van der Waals surface area contributed by atoms with Gasteiger partial charge < -0.3 is 19.7 Å². The quantitative estimate of drug-likeness (QED) is 0.816. The van der Waals surface area contributed by atoms with Crippen molar-refractivity contribution >= 4 is 23.4 Å². The summed E-state index contributed by atoms with van der Waals surface area (Å²) in [7, 11) is 1.72. The second kappa shape index (κ2) is 6.99. The first kappa shape index (κ1) is 18.0. The van der Waals surface area contributed by atoms with Gasteiger partial charge in [-0.05, 0) is 36.0 Å². The number of carbonyl (C=O) groups is 2. The summed E-state index contributed by atoms with van der Waals surface area (Å²) in [6.45, 7) is 4.41. The van der Waals surface area contributed by atoms with Crippen LogP contribution in [0.1, 0.15) is 6.92 Å². The summed E-state index contributed by atoms with van der Waals surface area (Å²) in [6, 6.07) is 4.86. The van der Waals surface area contributed by atoms with E-state index in [1.165, 1.54) is 17.9 Å². The van der Waals surface area contributed by atoms with Crippen molar-refractivity contribution in [3.63, 3.8) is 0 Å². The number of hydrogen-bond donors (Lipinski definition) is 1. The van der Waals surface area contributed by atoms with Crippen molar-refractivity contribution in [3.05, 3.63) is 24.0 Å². The van der Waals surface area contributed by atoms with E-state index in [-0.39, 0.29) is 24.8 Å². The number of amides is 2. The van der Waals surface area contributed by atoms with E-state index in [1.807, 2.05) is 0 Å². The van der Waals surface area contributed by atoms with Crippen LogP contribution < -0.4 is 15.1 Å². The second-order valence-corrected chi connectivity index (χ2v) is 7.54. The Labute approximate surface area is 157 Å². The number of nitrogens with zero attached hydrogens (tertiary/aromatic N) is 2. The van der Waals surface area contributed by atoms with Crippen LogP contribution in [0, 0.1) is 23.6 Å². The molecule has 8 heteroatoms. The third kappa shape index (κ3) is 3.45. The number of cyclic esters (lactones) is 1. The molecule has 0 spiro atoms. The number of anilines is 2. The van der Waals surface area contributed by atoms with E-state index in [0.29, 0.717) is 29.1 Å². The van der Waals surface area contributed by atoms with Gasteiger partial charge in [0.2, 0.25) is 5.91 Å². The molecule has 1 aromatic rings. The summed E-state index contributed by atoms with van der Waals surface area (Å²) in [5.41, 5.74) is 1.04. The number of piperidine rings is 1. The molecule has 7 nitrogen and oxygen atoms in total. The molecule has 3 fully saturated rings. The topological polar surface area (TPSA) is 71.1 Å². The Balaban J connectivity index is 1.39. The summed E-state index contributed by atoms with van der Waals surface area (Å²) in [5.74, 6) is 1.26. The van der Waals surface area contributed by atoms with E-state index >= 15 is 0 Å². The third-order valence-electron chi connectivity index (χ3n) is 5.77. The summed E-state index contributed by atoms with van der Waals surface area (Å²) in [4.78, 5) is 26.5. The van der Waals surface area contributed by atoms with Gasteiger partial charge in [0, 0.05) is 33.7 Å². The maximum absolute atomic E-state index is 14.7. The highest BCUT2D eigenvalue weighted by Gasteiger charge is 2.55. The zero-order valence-corrected chi connectivity index (χ0v) is 15.5. The van der Waals surface area contributed by atoms with Crippen LogP contribution in [0.2, 0.25) is 0 Å². The predicted octanol–water partition coefficient (Wildman–Crippen LogP) is 1.62. The molecule has 2 aliphatic heterocycles. The third-order valence-corrected chi connectivity index (χ3v) is 5.77. The summed E-state index contributed by atoms with van der Waals surface area (Å²) in [6.07, 6.45) is -0.963. The molecule has 4 atom stereocenters. The van der Waals surface area contributed by atoms with E-state index in [1.54, 1.807) is 19.2 Å². The van der Waals surface area contributed by atoms with Crippen molar-refractivity contribution in [2.75, 3.05) is 49.7 Å². The number of benzene rings is 1. The van der Waals surface area contributed by atoms with Crippen LogP contribution in [0.3, 0.4) is 0 Å². The van der Waals surface area contributed by atoms with E-state index in [0.717, 1.165) is 19.7 Å². The molecule has 27 heavy (non-hydrogen) atoms. The highest BCUT2D eigenvalue weighted by molar-refractivity contribution is 5.90. The normalized spacial score (nSPS) is 28.9. The van der Waals surface area contributed by atoms with Crippen LogP contribution in [0.25, 0.3) is 0 Å². The summed E-state index contributed by atoms with van der Waals surface area (Å²) < 4.78 is 25.2. The molecule has 3 aliphatic rings. The largest absolute Gasteiger partial charge is 0.442 e. The predicted molar refractivity (Wildman–Crippen MR) is 97.3 cm³/mol. The molecule has 1 unspecified atom stereocenters. The fourth-order valence-electron chi connectivity index (χ4n) is 4.30.